The maximum absolute atomic E-state index is 12.9. The summed E-state index contributed by atoms with van der Waals surface area (Å²) in [5.74, 6) is -0.194. The number of halogens is 2. The molecular weight excluding hydrogens is 421 g/mol. The molecule has 1 fully saturated rings. The number of fused-ring (bicyclic) bond motifs is 1. The van der Waals surface area contributed by atoms with Crippen molar-refractivity contribution in [2.24, 2.45) is 7.05 Å². The predicted molar refractivity (Wildman–Crippen MR) is 118 cm³/mol. The Bertz CT molecular complexity index is 1210. The van der Waals surface area contributed by atoms with E-state index >= 15 is 0 Å². The van der Waals surface area contributed by atoms with Gasteiger partial charge in [0.1, 0.15) is 0 Å². The fourth-order valence-corrected chi connectivity index (χ4v) is 4.69. The van der Waals surface area contributed by atoms with Crippen LogP contribution in [-0.2, 0) is 13.5 Å². The van der Waals surface area contributed by atoms with Crippen molar-refractivity contribution < 1.29 is 9.90 Å². The maximum Gasteiger partial charge on any atom is 0.255 e. The summed E-state index contributed by atoms with van der Waals surface area (Å²) in [4.78, 5) is 14.5. The molecule has 1 aliphatic heterocycles. The highest BCUT2D eigenvalue weighted by Crippen LogP contribution is 2.33. The fourth-order valence-electron chi connectivity index (χ4n) is 4.10. The largest absolute Gasteiger partial charge is 0.391 e. The van der Waals surface area contributed by atoms with E-state index in [1.165, 1.54) is 0 Å². The molecule has 1 aliphatic rings. The van der Waals surface area contributed by atoms with E-state index in [4.69, 9.17) is 23.2 Å². The van der Waals surface area contributed by atoms with Crippen molar-refractivity contribution in [2.45, 2.75) is 25.9 Å². The molecule has 30 heavy (non-hydrogen) atoms. The summed E-state index contributed by atoms with van der Waals surface area (Å²) in [7, 11) is 1.95. The van der Waals surface area contributed by atoms with Crippen LogP contribution >= 0.6 is 23.2 Å². The Balaban J connectivity index is 1.73. The van der Waals surface area contributed by atoms with Crippen LogP contribution < -0.4 is 0 Å². The zero-order valence-electron chi connectivity index (χ0n) is 16.7. The summed E-state index contributed by atoms with van der Waals surface area (Å²) >= 11 is 13.1. The van der Waals surface area contributed by atoms with Gasteiger partial charge in [0.2, 0.25) is 0 Å². The van der Waals surface area contributed by atoms with Crippen LogP contribution in [-0.4, -0.2) is 39.7 Å². The molecule has 1 saturated heterocycles. The molecule has 0 aliphatic carbocycles. The highest BCUT2D eigenvalue weighted by atomic mass is 35.5. The Kier molecular flexibility index (Phi) is 5.50. The number of nitriles is 1. The van der Waals surface area contributed by atoms with Crippen molar-refractivity contribution in [3.05, 3.63) is 68.3 Å². The Morgan fingerprint density at radius 3 is 2.73 bits per heavy atom. The zero-order chi connectivity index (χ0) is 21.6. The number of rotatable bonds is 3. The molecule has 0 saturated carbocycles. The minimum Gasteiger partial charge on any atom is -0.391 e. The van der Waals surface area contributed by atoms with Gasteiger partial charge in [-0.05, 0) is 54.8 Å². The van der Waals surface area contributed by atoms with Crippen LogP contribution in [0.2, 0.25) is 10.0 Å². The molecule has 1 N–H and O–H groups in total. The van der Waals surface area contributed by atoms with Crippen LogP contribution in [0.3, 0.4) is 0 Å². The second kappa shape index (κ2) is 7.96. The monoisotopic (exact) mass is 441 g/mol. The third-order valence-corrected chi connectivity index (χ3v) is 6.61. The van der Waals surface area contributed by atoms with Gasteiger partial charge in [-0.15, -0.1) is 0 Å². The van der Waals surface area contributed by atoms with Gasteiger partial charge < -0.3 is 14.6 Å². The molecule has 154 valence electrons. The number of likely N-dealkylation sites (tertiary alicyclic amines) is 1. The van der Waals surface area contributed by atoms with Gasteiger partial charge in [0.05, 0.1) is 28.3 Å². The van der Waals surface area contributed by atoms with Gasteiger partial charge in [0, 0.05) is 48.2 Å². The van der Waals surface area contributed by atoms with Crippen molar-refractivity contribution in [3.8, 4) is 6.07 Å². The summed E-state index contributed by atoms with van der Waals surface area (Å²) in [5.41, 5.74) is 4.67. The van der Waals surface area contributed by atoms with Crippen LogP contribution in [0.15, 0.2) is 30.3 Å². The average Bonchev–Trinajstić information content (AvgIpc) is 3.29. The number of β-amino-alcohol motifs (C(OH)–C–C–N with tert-alkyl or cyclic N) is 1. The number of hydrogen-bond donors (Lipinski definition) is 1. The van der Waals surface area contributed by atoms with Gasteiger partial charge in [-0.1, -0.05) is 23.2 Å². The molecule has 1 aromatic heterocycles. The van der Waals surface area contributed by atoms with Crippen molar-refractivity contribution in [3.63, 3.8) is 0 Å². The first-order chi connectivity index (χ1) is 14.3. The highest BCUT2D eigenvalue weighted by Gasteiger charge is 2.28. The van der Waals surface area contributed by atoms with Crippen LogP contribution in [0.1, 0.15) is 39.2 Å². The van der Waals surface area contributed by atoms with Gasteiger partial charge in [-0.2, -0.15) is 5.26 Å². The lowest BCUT2D eigenvalue weighted by atomic mass is 10.0. The van der Waals surface area contributed by atoms with Crippen LogP contribution in [0, 0.1) is 18.3 Å². The first-order valence-corrected chi connectivity index (χ1v) is 10.5. The molecule has 0 bridgehead atoms. The van der Waals surface area contributed by atoms with E-state index in [0.29, 0.717) is 52.7 Å². The number of aliphatic hydroxyl groups is 1. The van der Waals surface area contributed by atoms with E-state index in [1.54, 1.807) is 17.0 Å². The Morgan fingerprint density at radius 1 is 1.30 bits per heavy atom. The molecule has 2 heterocycles. The van der Waals surface area contributed by atoms with Crippen molar-refractivity contribution >= 4 is 40.0 Å². The summed E-state index contributed by atoms with van der Waals surface area (Å²) in [6, 6.07) is 11.4. The molecule has 0 spiro atoms. The van der Waals surface area contributed by atoms with Crippen LogP contribution in [0.4, 0.5) is 0 Å². The summed E-state index contributed by atoms with van der Waals surface area (Å²) in [5, 5.41) is 20.9. The van der Waals surface area contributed by atoms with E-state index in [2.05, 4.69) is 12.1 Å². The quantitative estimate of drug-likeness (QED) is 0.651. The summed E-state index contributed by atoms with van der Waals surface area (Å²) in [6.45, 7) is 2.81. The second-order valence-electron chi connectivity index (χ2n) is 7.79. The predicted octanol–water partition coefficient (Wildman–Crippen LogP) is 4.46. The summed E-state index contributed by atoms with van der Waals surface area (Å²) in [6.07, 6.45) is 0.536. The van der Waals surface area contributed by atoms with Gasteiger partial charge in [-0.3, -0.25) is 4.79 Å². The number of benzene rings is 2. The van der Waals surface area contributed by atoms with Gasteiger partial charge in [0.15, 0.2) is 0 Å². The third kappa shape index (κ3) is 3.56. The average molecular weight is 442 g/mol. The van der Waals surface area contributed by atoms with E-state index in [1.807, 2.05) is 30.7 Å². The molecule has 1 atom stereocenters. The molecule has 2 aromatic carbocycles. The van der Waals surface area contributed by atoms with E-state index in [9.17, 15) is 15.2 Å². The van der Waals surface area contributed by atoms with Crippen molar-refractivity contribution in [2.75, 3.05) is 13.1 Å². The first-order valence-electron chi connectivity index (χ1n) is 9.73. The third-order valence-electron chi connectivity index (χ3n) is 5.82. The van der Waals surface area contributed by atoms with Crippen molar-refractivity contribution in [1.82, 2.24) is 9.47 Å². The van der Waals surface area contributed by atoms with Gasteiger partial charge in [-0.25, -0.2) is 0 Å². The lowest BCUT2D eigenvalue weighted by Crippen LogP contribution is -2.29. The number of aromatic nitrogens is 1. The fraction of sp³-hybridized carbons (Fsp3) is 0.304. The molecule has 5 nitrogen and oxygen atoms in total. The topological polar surface area (TPSA) is 69.3 Å². The molecular formula is C23H21Cl2N3O2. The number of carbonyl (C=O) groups is 1. The summed E-state index contributed by atoms with van der Waals surface area (Å²) < 4.78 is 2.03. The van der Waals surface area contributed by atoms with Gasteiger partial charge in [0.25, 0.3) is 5.91 Å². The second-order valence-corrected chi connectivity index (χ2v) is 8.58. The number of nitrogens with zero attached hydrogens (tertiary/aromatic N) is 3. The van der Waals surface area contributed by atoms with E-state index < -0.39 is 6.10 Å². The highest BCUT2D eigenvalue weighted by molar-refractivity contribution is 6.38. The molecule has 3 aromatic rings. The molecule has 0 radical (unpaired) electrons. The molecule has 1 amide bonds. The van der Waals surface area contributed by atoms with Gasteiger partial charge >= 0.3 is 0 Å². The molecule has 0 unspecified atom stereocenters. The lowest BCUT2D eigenvalue weighted by molar-refractivity contribution is 0.0765. The lowest BCUT2D eigenvalue weighted by Gasteiger charge is -2.18. The van der Waals surface area contributed by atoms with Crippen LogP contribution in [0.5, 0.6) is 0 Å². The number of carbonyl (C=O) groups excluding carboxylic acids is 1. The maximum atomic E-state index is 12.9. The van der Waals surface area contributed by atoms with Crippen LogP contribution in [0.25, 0.3) is 10.9 Å². The number of aryl methyl sites for hydroxylation is 2. The Morgan fingerprint density at radius 2 is 2.07 bits per heavy atom. The molecule has 7 heteroatoms. The Hall–Kier alpha value is -2.52. The van der Waals surface area contributed by atoms with Crippen molar-refractivity contribution in [1.29, 1.82) is 5.26 Å². The SMILES string of the molecule is Cc1cc(C#N)cc2c1cc(Cc1c(Cl)ccc(C(=O)N3CC[C@@H](O)C3)c1Cl)n2C. The normalized spacial score (nSPS) is 16.3. The van der Waals surface area contributed by atoms with E-state index in [0.717, 1.165) is 22.2 Å². The Labute approximate surface area is 185 Å². The standard InChI is InChI=1S/C23H21Cl2N3O2/c1-13-7-14(11-26)8-21-18(13)9-15(27(21)2)10-19-20(24)4-3-17(22(19)25)23(30)28-6-5-16(29)12-28/h3-4,7-9,16,29H,5-6,10,12H2,1-2H3/t16-/m1/s1. The smallest absolute Gasteiger partial charge is 0.255 e. The number of aliphatic hydroxyl groups excluding tert-OH is 1. The zero-order valence-corrected chi connectivity index (χ0v) is 18.3. The molecule has 4 rings (SSSR count). The first kappa shape index (κ1) is 20.7. The minimum atomic E-state index is -0.489. The van der Waals surface area contributed by atoms with E-state index in [-0.39, 0.29) is 5.91 Å². The minimum absolute atomic E-state index is 0.194. The number of hydrogen-bond acceptors (Lipinski definition) is 3. The number of amides is 1.